The Bertz CT molecular complexity index is 378. The summed E-state index contributed by atoms with van der Waals surface area (Å²) in [5, 5.41) is 3.50. The topological polar surface area (TPSA) is 49.4 Å². The highest BCUT2D eigenvalue weighted by Gasteiger charge is 2.37. The average molecular weight is 266 g/mol. The molecule has 0 radical (unpaired) electrons. The second-order valence-electron chi connectivity index (χ2n) is 7.16. The molecule has 1 aliphatic carbocycles. The maximum absolute atomic E-state index is 12.1. The van der Waals surface area contributed by atoms with Gasteiger partial charge in [-0.25, -0.2) is 0 Å². The van der Waals surface area contributed by atoms with Gasteiger partial charge in [-0.3, -0.25) is 14.5 Å². The maximum Gasteiger partial charge on any atom is 0.246 e. The molecule has 19 heavy (non-hydrogen) atoms. The molecule has 3 atom stereocenters. The molecular weight excluding hydrogens is 240 g/mol. The van der Waals surface area contributed by atoms with Gasteiger partial charge in [-0.05, 0) is 37.0 Å². The van der Waals surface area contributed by atoms with Crippen LogP contribution in [-0.4, -0.2) is 35.8 Å². The molecule has 0 bridgehead atoms. The molecule has 1 saturated heterocycles. The van der Waals surface area contributed by atoms with Gasteiger partial charge >= 0.3 is 0 Å². The Kier molecular flexibility index (Phi) is 4.00. The van der Waals surface area contributed by atoms with Gasteiger partial charge in [-0.15, -0.1) is 0 Å². The van der Waals surface area contributed by atoms with E-state index in [1.807, 2.05) is 0 Å². The van der Waals surface area contributed by atoms with Crippen molar-refractivity contribution in [1.82, 2.24) is 10.2 Å². The van der Waals surface area contributed by atoms with E-state index in [0.717, 1.165) is 12.8 Å². The fourth-order valence-corrected chi connectivity index (χ4v) is 3.83. The van der Waals surface area contributed by atoms with Crippen molar-refractivity contribution in [3.05, 3.63) is 0 Å². The molecule has 1 heterocycles. The molecule has 1 N–H and O–H groups in total. The van der Waals surface area contributed by atoms with Gasteiger partial charge in [0.2, 0.25) is 11.8 Å². The Morgan fingerprint density at radius 2 is 1.95 bits per heavy atom. The molecule has 3 unspecified atom stereocenters. The number of piperidine rings is 1. The molecule has 108 valence electrons. The number of carbonyl (C=O) groups excluding carboxylic acids is 2. The molecule has 2 aliphatic rings. The van der Waals surface area contributed by atoms with Crippen molar-refractivity contribution in [2.45, 2.75) is 65.0 Å². The SMILES string of the molecule is CC1CC(NC2CCC(=O)N(C)C2=O)CC(C)(C)C1. The second kappa shape index (κ2) is 5.23. The lowest BCUT2D eigenvalue weighted by Gasteiger charge is -2.41. The van der Waals surface area contributed by atoms with E-state index < -0.39 is 0 Å². The van der Waals surface area contributed by atoms with Crippen LogP contribution in [0.5, 0.6) is 0 Å². The lowest BCUT2D eigenvalue weighted by Crippen LogP contribution is -2.55. The molecule has 0 aromatic rings. The third kappa shape index (κ3) is 3.35. The molecule has 0 aromatic carbocycles. The molecule has 0 spiro atoms. The fraction of sp³-hybridized carbons (Fsp3) is 0.867. The quantitative estimate of drug-likeness (QED) is 0.777. The van der Waals surface area contributed by atoms with Crippen LogP contribution in [0.4, 0.5) is 0 Å². The number of rotatable bonds is 2. The van der Waals surface area contributed by atoms with Gasteiger partial charge in [0, 0.05) is 19.5 Å². The number of nitrogens with zero attached hydrogens (tertiary/aromatic N) is 1. The highest BCUT2D eigenvalue weighted by molar-refractivity contribution is 6.00. The molecule has 2 amide bonds. The smallest absolute Gasteiger partial charge is 0.246 e. The minimum absolute atomic E-state index is 0.0552. The van der Waals surface area contributed by atoms with Crippen LogP contribution < -0.4 is 5.32 Å². The summed E-state index contributed by atoms with van der Waals surface area (Å²) in [6, 6.07) is 0.225. The summed E-state index contributed by atoms with van der Waals surface area (Å²) >= 11 is 0. The lowest BCUT2D eigenvalue weighted by molar-refractivity contribution is -0.148. The summed E-state index contributed by atoms with van der Waals surface area (Å²) in [7, 11) is 1.59. The predicted molar refractivity (Wildman–Crippen MR) is 74.5 cm³/mol. The van der Waals surface area contributed by atoms with Crippen LogP contribution in [0, 0.1) is 11.3 Å². The van der Waals surface area contributed by atoms with Crippen LogP contribution in [0.25, 0.3) is 0 Å². The highest BCUT2D eigenvalue weighted by atomic mass is 16.2. The predicted octanol–water partition coefficient (Wildman–Crippen LogP) is 1.94. The first-order chi connectivity index (χ1) is 8.78. The van der Waals surface area contributed by atoms with Crippen molar-refractivity contribution in [3.63, 3.8) is 0 Å². The van der Waals surface area contributed by atoms with E-state index in [9.17, 15) is 9.59 Å². The fourth-order valence-electron chi connectivity index (χ4n) is 3.83. The summed E-state index contributed by atoms with van der Waals surface area (Å²) in [5.41, 5.74) is 0.342. The minimum Gasteiger partial charge on any atom is -0.303 e. The summed E-state index contributed by atoms with van der Waals surface area (Å²) in [5.74, 6) is 0.576. The van der Waals surface area contributed by atoms with Crippen LogP contribution in [0.1, 0.15) is 52.9 Å². The normalized spacial score (nSPS) is 35.6. The third-order valence-electron chi connectivity index (χ3n) is 4.47. The van der Waals surface area contributed by atoms with E-state index in [4.69, 9.17) is 0 Å². The van der Waals surface area contributed by atoms with Crippen molar-refractivity contribution < 1.29 is 9.59 Å². The first-order valence-electron chi connectivity index (χ1n) is 7.35. The summed E-state index contributed by atoms with van der Waals surface area (Å²) in [6.07, 6.45) is 4.62. The molecular formula is C15H26N2O2. The molecule has 4 nitrogen and oxygen atoms in total. The van der Waals surface area contributed by atoms with Crippen molar-refractivity contribution in [3.8, 4) is 0 Å². The highest BCUT2D eigenvalue weighted by Crippen LogP contribution is 2.38. The number of imide groups is 1. The van der Waals surface area contributed by atoms with E-state index in [-0.39, 0.29) is 17.9 Å². The zero-order valence-corrected chi connectivity index (χ0v) is 12.5. The Hall–Kier alpha value is -0.900. The van der Waals surface area contributed by atoms with Gasteiger partial charge in [0.15, 0.2) is 0 Å². The van der Waals surface area contributed by atoms with Gasteiger partial charge in [-0.1, -0.05) is 20.8 Å². The average Bonchev–Trinajstić information content (AvgIpc) is 2.27. The Morgan fingerprint density at radius 3 is 2.58 bits per heavy atom. The number of amides is 2. The van der Waals surface area contributed by atoms with Gasteiger partial charge in [0.25, 0.3) is 0 Å². The molecule has 2 rings (SSSR count). The number of carbonyl (C=O) groups is 2. The zero-order valence-electron chi connectivity index (χ0n) is 12.5. The minimum atomic E-state index is -0.172. The maximum atomic E-state index is 12.1. The van der Waals surface area contributed by atoms with E-state index in [1.54, 1.807) is 7.05 Å². The molecule has 2 fully saturated rings. The van der Waals surface area contributed by atoms with Gasteiger partial charge in [0.1, 0.15) is 0 Å². The monoisotopic (exact) mass is 266 g/mol. The van der Waals surface area contributed by atoms with Crippen molar-refractivity contribution in [1.29, 1.82) is 0 Å². The zero-order chi connectivity index (χ0) is 14.2. The largest absolute Gasteiger partial charge is 0.303 e. The Balaban J connectivity index is 1.97. The molecule has 4 heteroatoms. The summed E-state index contributed by atoms with van der Waals surface area (Å²) in [4.78, 5) is 24.8. The molecule has 0 aromatic heterocycles. The Labute approximate surface area is 115 Å². The lowest BCUT2D eigenvalue weighted by atomic mass is 9.70. The van der Waals surface area contributed by atoms with Gasteiger partial charge < -0.3 is 5.32 Å². The molecule has 1 saturated carbocycles. The van der Waals surface area contributed by atoms with Crippen molar-refractivity contribution in [2.75, 3.05) is 7.05 Å². The van der Waals surface area contributed by atoms with Crippen LogP contribution in [0.15, 0.2) is 0 Å². The summed E-state index contributed by atoms with van der Waals surface area (Å²) in [6.45, 7) is 6.89. The number of hydrogen-bond donors (Lipinski definition) is 1. The van der Waals surface area contributed by atoms with Crippen LogP contribution >= 0.6 is 0 Å². The Morgan fingerprint density at radius 1 is 1.26 bits per heavy atom. The van der Waals surface area contributed by atoms with E-state index in [2.05, 4.69) is 26.1 Å². The van der Waals surface area contributed by atoms with E-state index in [1.165, 1.54) is 11.3 Å². The van der Waals surface area contributed by atoms with Gasteiger partial charge in [-0.2, -0.15) is 0 Å². The first kappa shape index (κ1) is 14.5. The first-order valence-corrected chi connectivity index (χ1v) is 7.35. The third-order valence-corrected chi connectivity index (χ3v) is 4.47. The van der Waals surface area contributed by atoms with E-state index >= 15 is 0 Å². The van der Waals surface area contributed by atoms with Gasteiger partial charge in [0.05, 0.1) is 6.04 Å². The number of hydrogen-bond acceptors (Lipinski definition) is 3. The summed E-state index contributed by atoms with van der Waals surface area (Å²) < 4.78 is 0. The van der Waals surface area contributed by atoms with Crippen molar-refractivity contribution in [2.24, 2.45) is 11.3 Å². The van der Waals surface area contributed by atoms with Crippen molar-refractivity contribution >= 4 is 11.8 Å². The van der Waals surface area contributed by atoms with E-state index in [0.29, 0.717) is 30.2 Å². The van der Waals surface area contributed by atoms with Crippen LogP contribution in [0.2, 0.25) is 0 Å². The van der Waals surface area contributed by atoms with Crippen LogP contribution in [-0.2, 0) is 9.59 Å². The number of likely N-dealkylation sites (tertiary alicyclic amines) is 1. The second-order valence-corrected chi connectivity index (χ2v) is 7.16. The number of likely N-dealkylation sites (N-methyl/N-ethyl adjacent to an activating group) is 1. The standard InChI is InChI=1S/C15H26N2O2/c1-10-7-11(9-15(2,3)8-10)16-12-5-6-13(18)17(4)14(12)19/h10-12,16H,5-9H2,1-4H3. The molecule has 1 aliphatic heterocycles. The van der Waals surface area contributed by atoms with Crippen LogP contribution in [0.3, 0.4) is 0 Å². The number of nitrogens with one attached hydrogen (secondary N) is 1.